The van der Waals surface area contributed by atoms with E-state index >= 15 is 0 Å². The number of hydrogen-bond acceptors (Lipinski definition) is 7. The first-order valence-electron chi connectivity index (χ1n) is 9.08. The zero-order valence-electron chi connectivity index (χ0n) is 16.2. The first-order valence-corrected chi connectivity index (χ1v) is 9.90. The zero-order chi connectivity index (χ0) is 21.3. The maximum absolute atomic E-state index is 14.3. The van der Waals surface area contributed by atoms with E-state index in [0.717, 1.165) is 11.3 Å². The molecule has 2 aromatic carbocycles. The van der Waals surface area contributed by atoms with E-state index in [1.165, 1.54) is 20.1 Å². The monoisotopic (exact) mass is 431 g/mol. The zero-order valence-corrected chi connectivity index (χ0v) is 17.0. The van der Waals surface area contributed by atoms with Gasteiger partial charge in [-0.2, -0.15) is 0 Å². The van der Waals surface area contributed by atoms with Gasteiger partial charge in [0.25, 0.3) is 5.91 Å². The minimum absolute atomic E-state index is 0.0448. The van der Waals surface area contributed by atoms with Crippen LogP contribution in [0.15, 0.2) is 36.4 Å². The van der Waals surface area contributed by atoms with Crippen molar-refractivity contribution in [1.29, 1.82) is 0 Å². The maximum atomic E-state index is 14.3. The minimum atomic E-state index is -1.08. The normalized spacial score (nSPS) is 13.3. The number of benzene rings is 2. The molecule has 0 spiro atoms. The number of ether oxygens (including phenoxy) is 4. The van der Waals surface area contributed by atoms with E-state index in [-0.39, 0.29) is 18.3 Å². The summed E-state index contributed by atoms with van der Waals surface area (Å²) in [6, 6.07) is 9.57. The van der Waals surface area contributed by atoms with Crippen LogP contribution in [0.1, 0.15) is 22.2 Å². The van der Waals surface area contributed by atoms with Gasteiger partial charge in [0, 0.05) is 34.5 Å². The highest BCUT2D eigenvalue weighted by Crippen LogP contribution is 2.35. The molecule has 0 saturated carbocycles. The molecule has 1 unspecified atom stereocenters. The van der Waals surface area contributed by atoms with Gasteiger partial charge in [-0.15, -0.1) is 11.3 Å². The maximum Gasteiger partial charge on any atom is 0.349 e. The smallest absolute Gasteiger partial charge is 0.349 e. The SMILES string of the molecule is COCc1c(C(=O)OC(C)C(=O)Nc2ccc3c(c2)OCO3)sc2cccc(F)c12. The molecule has 7 nitrogen and oxygen atoms in total. The van der Waals surface area contributed by atoms with Crippen molar-refractivity contribution in [2.24, 2.45) is 0 Å². The fourth-order valence-electron chi connectivity index (χ4n) is 3.10. The molecular formula is C21H18FNO6S. The number of carbonyl (C=O) groups is 2. The Bertz CT molecular complexity index is 1130. The standard InChI is InChI=1S/C21H18FNO6S/c1-11(20(24)23-12-6-7-15-16(8-12)28-10-27-15)29-21(25)19-13(9-26-2)18-14(22)4-3-5-17(18)30-19/h3-8,11H,9-10H2,1-2H3,(H,23,24). The summed E-state index contributed by atoms with van der Waals surface area (Å²) in [5.74, 6) is -0.550. The second kappa shape index (κ2) is 8.29. The average molecular weight is 431 g/mol. The molecule has 1 aromatic heterocycles. The van der Waals surface area contributed by atoms with E-state index < -0.39 is 23.8 Å². The lowest BCUT2D eigenvalue weighted by Gasteiger charge is -2.14. The van der Waals surface area contributed by atoms with E-state index in [2.05, 4.69) is 5.32 Å². The molecule has 1 amide bonds. The highest BCUT2D eigenvalue weighted by molar-refractivity contribution is 7.21. The number of amides is 1. The number of fused-ring (bicyclic) bond motifs is 2. The molecule has 1 N–H and O–H groups in total. The number of thiophene rings is 1. The quantitative estimate of drug-likeness (QED) is 0.592. The Morgan fingerprint density at radius 3 is 2.83 bits per heavy atom. The van der Waals surface area contributed by atoms with E-state index in [0.29, 0.717) is 32.8 Å². The molecule has 1 aliphatic rings. The predicted molar refractivity (Wildman–Crippen MR) is 109 cm³/mol. The Morgan fingerprint density at radius 1 is 1.23 bits per heavy atom. The van der Waals surface area contributed by atoms with Gasteiger partial charge in [-0.25, -0.2) is 9.18 Å². The van der Waals surface area contributed by atoms with E-state index in [9.17, 15) is 14.0 Å². The first-order chi connectivity index (χ1) is 14.5. The Morgan fingerprint density at radius 2 is 2.03 bits per heavy atom. The highest BCUT2D eigenvalue weighted by Gasteiger charge is 2.26. The third-order valence-electron chi connectivity index (χ3n) is 4.53. The highest BCUT2D eigenvalue weighted by atomic mass is 32.1. The van der Waals surface area contributed by atoms with Crippen LogP contribution >= 0.6 is 11.3 Å². The van der Waals surface area contributed by atoms with Crippen molar-refractivity contribution < 1.29 is 32.9 Å². The third kappa shape index (κ3) is 3.81. The number of rotatable bonds is 6. The average Bonchev–Trinajstić information content (AvgIpc) is 3.33. The lowest BCUT2D eigenvalue weighted by molar-refractivity contribution is -0.123. The summed E-state index contributed by atoms with van der Waals surface area (Å²) in [7, 11) is 1.46. The van der Waals surface area contributed by atoms with E-state index in [1.54, 1.807) is 30.3 Å². The lowest BCUT2D eigenvalue weighted by Crippen LogP contribution is -2.30. The molecule has 30 heavy (non-hydrogen) atoms. The van der Waals surface area contributed by atoms with Crippen molar-refractivity contribution in [1.82, 2.24) is 0 Å². The molecule has 1 aliphatic heterocycles. The molecular weight excluding hydrogens is 413 g/mol. The summed E-state index contributed by atoms with van der Waals surface area (Å²) in [5, 5.41) is 3.00. The molecule has 0 bridgehead atoms. The Balaban J connectivity index is 1.50. The van der Waals surface area contributed by atoms with Gasteiger partial charge in [-0.3, -0.25) is 4.79 Å². The van der Waals surface area contributed by atoms with Crippen LogP contribution < -0.4 is 14.8 Å². The van der Waals surface area contributed by atoms with Crippen molar-refractivity contribution in [2.45, 2.75) is 19.6 Å². The van der Waals surface area contributed by atoms with Crippen LogP contribution in [0.3, 0.4) is 0 Å². The summed E-state index contributed by atoms with van der Waals surface area (Å²) in [4.78, 5) is 25.4. The molecule has 0 aliphatic carbocycles. The van der Waals surface area contributed by atoms with E-state index in [1.807, 2.05) is 0 Å². The van der Waals surface area contributed by atoms with Crippen molar-refractivity contribution >= 4 is 39.0 Å². The van der Waals surface area contributed by atoms with Crippen LogP contribution in [0, 0.1) is 5.82 Å². The fourth-order valence-corrected chi connectivity index (χ4v) is 4.20. The minimum Gasteiger partial charge on any atom is -0.454 e. The molecule has 0 saturated heterocycles. The second-order valence-corrected chi connectivity index (χ2v) is 7.61. The van der Waals surface area contributed by atoms with Gasteiger partial charge in [0.1, 0.15) is 10.7 Å². The summed E-state index contributed by atoms with van der Waals surface area (Å²) < 4.78 is 35.9. The molecule has 0 radical (unpaired) electrons. The summed E-state index contributed by atoms with van der Waals surface area (Å²) >= 11 is 1.10. The number of hydrogen-bond donors (Lipinski definition) is 1. The van der Waals surface area contributed by atoms with Crippen LogP contribution in [0.2, 0.25) is 0 Å². The number of nitrogens with one attached hydrogen (secondary N) is 1. The first kappa shape index (κ1) is 20.1. The fraction of sp³-hybridized carbons (Fsp3) is 0.238. The van der Waals surface area contributed by atoms with Crippen molar-refractivity contribution in [3.8, 4) is 11.5 Å². The van der Waals surface area contributed by atoms with Gasteiger partial charge in [0.2, 0.25) is 6.79 Å². The third-order valence-corrected chi connectivity index (χ3v) is 5.71. The van der Waals surface area contributed by atoms with Crippen molar-refractivity contribution in [3.05, 3.63) is 52.7 Å². The van der Waals surface area contributed by atoms with Crippen molar-refractivity contribution in [3.63, 3.8) is 0 Å². The Kier molecular flexibility index (Phi) is 5.56. The van der Waals surface area contributed by atoms with E-state index in [4.69, 9.17) is 18.9 Å². The van der Waals surface area contributed by atoms with Crippen LogP contribution in [0.4, 0.5) is 10.1 Å². The predicted octanol–water partition coefficient (Wildman–Crippen LogP) is 4.10. The molecule has 2 heterocycles. The van der Waals surface area contributed by atoms with Crippen LogP contribution in [0.25, 0.3) is 10.1 Å². The molecule has 3 aromatic rings. The van der Waals surface area contributed by atoms with Crippen molar-refractivity contribution in [2.75, 3.05) is 19.2 Å². The van der Waals surface area contributed by atoms with Gasteiger partial charge >= 0.3 is 5.97 Å². The van der Waals surface area contributed by atoms with Crippen LogP contribution in [-0.2, 0) is 20.9 Å². The number of halogens is 1. The summed E-state index contributed by atoms with van der Waals surface area (Å²) in [6.07, 6.45) is -1.08. The molecule has 4 rings (SSSR count). The molecule has 9 heteroatoms. The van der Waals surface area contributed by atoms with Gasteiger partial charge in [-0.05, 0) is 31.2 Å². The Labute approximate surface area is 175 Å². The number of anilines is 1. The molecule has 156 valence electrons. The second-order valence-electron chi connectivity index (χ2n) is 6.56. The number of carbonyl (C=O) groups excluding carboxylic acids is 2. The number of methoxy groups -OCH3 is 1. The topological polar surface area (TPSA) is 83.1 Å². The Hall–Kier alpha value is -3.17. The van der Waals surface area contributed by atoms with Gasteiger partial charge in [0.15, 0.2) is 17.6 Å². The molecule has 0 fully saturated rings. The number of esters is 1. The largest absolute Gasteiger partial charge is 0.454 e. The van der Waals surface area contributed by atoms with Crippen LogP contribution in [-0.4, -0.2) is 31.9 Å². The lowest BCUT2D eigenvalue weighted by atomic mass is 10.1. The molecule has 1 atom stereocenters. The van der Waals surface area contributed by atoms with Crippen LogP contribution in [0.5, 0.6) is 11.5 Å². The van der Waals surface area contributed by atoms with Gasteiger partial charge < -0.3 is 24.3 Å². The summed E-state index contributed by atoms with van der Waals surface area (Å²) in [6.45, 7) is 1.63. The van der Waals surface area contributed by atoms with Gasteiger partial charge in [-0.1, -0.05) is 6.07 Å². The van der Waals surface area contributed by atoms with Gasteiger partial charge in [0.05, 0.1) is 6.61 Å². The summed E-state index contributed by atoms with van der Waals surface area (Å²) in [5.41, 5.74) is 0.889.